The summed E-state index contributed by atoms with van der Waals surface area (Å²) in [4.78, 5) is 0. The molecule has 2 heteroatoms. The fourth-order valence-electron chi connectivity index (χ4n) is 2.46. The van der Waals surface area contributed by atoms with Crippen LogP contribution in [0.15, 0.2) is 12.2 Å². The van der Waals surface area contributed by atoms with E-state index in [0.717, 1.165) is 24.8 Å². The Balaban J connectivity index is 1.94. The van der Waals surface area contributed by atoms with Crippen molar-refractivity contribution in [2.75, 3.05) is 12.5 Å². The van der Waals surface area contributed by atoms with Gasteiger partial charge < -0.3 is 4.74 Å². The molecular formula is C11H17ClO. The van der Waals surface area contributed by atoms with Gasteiger partial charge in [-0.3, -0.25) is 0 Å². The van der Waals surface area contributed by atoms with Gasteiger partial charge in [0.25, 0.3) is 0 Å². The zero-order chi connectivity index (χ0) is 9.10. The Morgan fingerprint density at radius 1 is 1.31 bits per heavy atom. The van der Waals surface area contributed by atoms with Crippen molar-refractivity contribution in [1.82, 2.24) is 0 Å². The minimum Gasteiger partial charge on any atom is -0.378 e. The third-order valence-electron chi connectivity index (χ3n) is 3.24. The summed E-state index contributed by atoms with van der Waals surface area (Å²) in [6.45, 7) is 0.919. The van der Waals surface area contributed by atoms with Gasteiger partial charge in [0.1, 0.15) is 0 Å². The van der Waals surface area contributed by atoms with Gasteiger partial charge in [-0.15, -0.1) is 11.6 Å². The molecule has 0 aromatic carbocycles. The molecule has 2 rings (SSSR count). The second-order valence-corrected chi connectivity index (χ2v) is 4.39. The van der Waals surface area contributed by atoms with Crippen molar-refractivity contribution in [3.8, 4) is 0 Å². The van der Waals surface area contributed by atoms with Gasteiger partial charge in [-0.2, -0.15) is 0 Å². The van der Waals surface area contributed by atoms with Crippen LogP contribution >= 0.6 is 11.6 Å². The summed E-state index contributed by atoms with van der Waals surface area (Å²) >= 11 is 5.92. The Bertz CT molecular complexity index is 191. The molecule has 3 atom stereocenters. The lowest BCUT2D eigenvalue weighted by atomic mass is 9.84. The van der Waals surface area contributed by atoms with Crippen LogP contribution in [0.2, 0.25) is 0 Å². The van der Waals surface area contributed by atoms with E-state index in [1.54, 1.807) is 0 Å². The van der Waals surface area contributed by atoms with Gasteiger partial charge in [-0.05, 0) is 31.6 Å². The Labute approximate surface area is 85.1 Å². The third kappa shape index (κ3) is 2.08. The summed E-state index contributed by atoms with van der Waals surface area (Å²) in [6.07, 6.45) is 9.88. The predicted octanol–water partition coefficient (Wildman–Crippen LogP) is 2.99. The molecule has 3 unspecified atom stereocenters. The van der Waals surface area contributed by atoms with Crippen LogP contribution in [0.3, 0.4) is 0 Å². The van der Waals surface area contributed by atoms with Gasteiger partial charge in [-0.1, -0.05) is 12.2 Å². The molecule has 1 aliphatic heterocycles. The van der Waals surface area contributed by atoms with Gasteiger partial charge in [0.05, 0.1) is 6.10 Å². The molecule has 1 aliphatic carbocycles. The first-order valence-electron chi connectivity index (χ1n) is 5.24. The number of hydrogen-bond donors (Lipinski definition) is 0. The van der Waals surface area contributed by atoms with E-state index in [-0.39, 0.29) is 0 Å². The van der Waals surface area contributed by atoms with Gasteiger partial charge in [0, 0.05) is 18.4 Å². The molecule has 1 heterocycles. The normalized spacial score (nSPS) is 39.6. The van der Waals surface area contributed by atoms with Crippen LogP contribution in [-0.4, -0.2) is 18.6 Å². The monoisotopic (exact) mass is 200 g/mol. The molecule has 0 saturated carbocycles. The lowest BCUT2D eigenvalue weighted by Crippen LogP contribution is -2.28. The Kier molecular flexibility index (Phi) is 3.28. The van der Waals surface area contributed by atoms with E-state index >= 15 is 0 Å². The molecule has 0 radical (unpaired) electrons. The fraction of sp³-hybridized carbons (Fsp3) is 0.818. The van der Waals surface area contributed by atoms with Gasteiger partial charge in [0.2, 0.25) is 0 Å². The molecular weight excluding hydrogens is 184 g/mol. The zero-order valence-electron chi connectivity index (χ0n) is 7.92. The topological polar surface area (TPSA) is 9.23 Å². The third-order valence-corrected chi connectivity index (χ3v) is 3.63. The number of hydrogen-bond acceptors (Lipinski definition) is 1. The smallest absolute Gasteiger partial charge is 0.0646 e. The van der Waals surface area contributed by atoms with Crippen molar-refractivity contribution in [2.45, 2.75) is 31.8 Å². The highest BCUT2D eigenvalue weighted by Crippen LogP contribution is 2.34. The zero-order valence-corrected chi connectivity index (χ0v) is 8.67. The van der Waals surface area contributed by atoms with E-state index in [4.69, 9.17) is 16.3 Å². The molecule has 0 N–H and O–H groups in total. The van der Waals surface area contributed by atoms with Gasteiger partial charge >= 0.3 is 0 Å². The first-order valence-corrected chi connectivity index (χ1v) is 5.78. The molecule has 0 aromatic rings. The standard InChI is InChI=1S/C11H17ClO/c12-8-10-6-7-13-11(10)9-4-2-1-3-5-9/h1-2,9-11H,3-8H2. The molecule has 1 fully saturated rings. The molecule has 1 nitrogen and oxygen atoms in total. The van der Waals surface area contributed by atoms with Crippen LogP contribution < -0.4 is 0 Å². The van der Waals surface area contributed by atoms with Crippen LogP contribution in [0.5, 0.6) is 0 Å². The summed E-state index contributed by atoms with van der Waals surface area (Å²) in [5.74, 6) is 2.11. The summed E-state index contributed by atoms with van der Waals surface area (Å²) in [7, 11) is 0. The highest BCUT2D eigenvalue weighted by atomic mass is 35.5. The average Bonchev–Trinajstić information content (AvgIpc) is 2.67. The van der Waals surface area contributed by atoms with Crippen LogP contribution in [0, 0.1) is 11.8 Å². The van der Waals surface area contributed by atoms with Crippen molar-refractivity contribution in [1.29, 1.82) is 0 Å². The van der Waals surface area contributed by atoms with Crippen LogP contribution in [0.4, 0.5) is 0 Å². The Hall–Kier alpha value is -0.0100. The quantitative estimate of drug-likeness (QED) is 0.492. The number of alkyl halides is 1. The van der Waals surface area contributed by atoms with E-state index in [9.17, 15) is 0 Å². The maximum atomic E-state index is 5.92. The molecule has 13 heavy (non-hydrogen) atoms. The number of allylic oxidation sites excluding steroid dienone is 2. The lowest BCUT2D eigenvalue weighted by molar-refractivity contribution is 0.0421. The summed E-state index contributed by atoms with van der Waals surface area (Å²) < 4.78 is 5.78. The highest BCUT2D eigenvalue weighted by Gasteiger charge is 2.33. The van der Waals surface area contributed by atoms with Crippen LogP contribution in [0.1, 0.15) is 25.7 Å². The van der Waals surface area contributed by atoms with Crippen molar-refractivity contribution < 1.29 is 4.74 Å². The fourth-order valence-corrected chi connectivity index (χ4v) is 2.79. The molecule has 1 saturated heterocycles. The molecule has 0 aromatic heterocycles. The predicted molar refractivity (Wildman–Crippen MR) is 55.0 cm³/mol. The first-order chi connectivity index (χ1) is 6.42. The van der Waals surface area contributed by atoms with Gasteiger partial charge in [0.15, 0.2) is 0 Å². The molecule has 0 spiro atoms. The van der Waals surface area contributed by atoms with E-state index in [2.05, 4.69) is 12.2 Å². The van der Waals surface area contributed by atoms with E-state index in [1.807, 2.05) is 0 Å². The van der Waals surface area contributed by atoms with E-state index in [1.165, 1.54) is 19.3 Å². The lowest BCUT2D eigenvalue weighted by Gasteiger charge is -2.27. The average molecular weight is 201 g/mol. The minimum atomic E-state index is 0.447. The maximum absolute atomic E-state index is 5.92. The van der Waals surface area contributed by atoms with Crippen LogP contribution in [0.25, 0.3) is 0 Å². The van der Waals surface area contributed by atoms with E-state index in [0.29, 0.717) is 12.0 Å². The Morgan fingerprint density at radius 2 is 2.23 bits per heavy atom. The highest BCUT2D eigenvalue weighted by molar-refractivity contribution is 6.18. The first kappa shape index (κ1) is 9.54. The number of halogens is 1. The van der Waals surface area contributed by atoms with Crippen molar-refractivity contribution in [2.24, 2.45) is 11.8 Å². The second kappa shape index (κ2) is 4.47. The molecule has 0 amide bonds. The van der Waals surface area contributed by atoms with Crippen molar-refractivity contribution in [3.05, 3.63) is 12.2 Å². The van der Waals surface area contributed by atoms with Crippen molar-refractivity contribution >= 4 is 11.6 Å². The summed E-state index contributed by atoms with van der Waals surface area (Å²) in [5, 5.41) is 0. The molecule has 74 valence electrons. The maximum Gasteiger partial charge on any atom is 0.0646 e. The van der Waals surface area contributed by atoms with Crippen molar-refractivity contribution in [3.63, 3.8) is 0 Å². The molecule has 0 bridgehead atoms. The van der Waals surface area contributed by atoms with Gasteiger partial charge in [-0.25, -0.2) is 0 Å². The second-order valence-electron chi connectivity index (χ2n) is 4.08. The largest absolute Gasteiger partial charge is 0.378 e. The number of rotatable bonds is 2. The number of ether oxygens (including phenoxy) is 1. The summed E-state index contributed by atoms with van der Waals surface area (Å²) in [6, 6.07) is 0. The Morgan fingerprint density at radius 3 is 2.92 bits per heavy atom. The minimum absolute atomic E-state index is 0.447. The van der Waals surface area contributed by atoms with Crippen LogP contribution in [-0.2, 0) is 4.74 Å². The van der Waals surface area contributed by atoms with E-state index < -0.39 is 0 Å². The molecule has 2 aliphatic rings. The summed E-state index contributed by atoms with van der Waals surface area (Å²) in [5.41, 5.74) is 0. The SMILES string of the molecule is ClCC1CCOC1C1CC=CCC1.